The quantitative estimate of drug-likeness (QED) is 0.662. The summed E-state index contributed by atoms with van der Waals surface area (Å²) >= 11 is 0. The highest BCUT2D eigenvalue weighted by atomic mass is 35.5. The third-order valence-corrected chi connectivity index (χ3v) is 3.35. The molecule has 0 aliphatic heterocycles. The van der Waals surface area contributed by atoms with Crippen molar-refractivity contribution in [2.24, 2.45) is 0 Å². The Morgan fingerprint density at radius 3 is 1.33 bits per heavy atom. The molecular weight excluding hydrogens is 223 g/mol. The van der Waals surface area contributed by atoms with Gasteiger partial charge in [0.1, 0.15) is 5.66 Å². The summed E-state index contributed by atoms with van der Waals surface area (Å²) in [6.07, 6.45) is 0. The first-order chi connectivity index (χ1) is 6.88. The maximum absolute atomic E-state index is 2.19. The van der Waals surface area contributed by atoms with Gasteiger partial charge >= 0.3 is 0 Å². The molecule has 1 unspecified atom stereocenters. The zero-order valence-corrected chi connectivity index (χ0v) is 10.6. The molecule has 1 atom stereocenters. The molecule has 0 bridgehead atoms. The Hall–Kier alpha value is -0.840. The van der Waals surface area contributed by atoms with Crippen LogP contribution < -0.4 is 12.4 Å². The maximum atomic E-state index is 2.19. The summed E-state index contributed by atoms with van der Waals surface area (Å²) in [6, 6.07) is 21.2. The Morgan fingerprint density at radius 2 is 1.00 bits per heavy atom. The van der Waals surface area contributed by atoms with Crippen LogP contribution >= 0.6 is 9.24 Å². The molecule has 0 aliphatic rings. The molecule has 0 aliphatic carbocycles. The molecule has 0 saturated carbocycles. The third kappa shape index (κ3) is 3.06. The van der Waals surface area contributed by atoms with Crippen molar-refractivity contribution < 1.29 is 12.4 Å². The first kappa shape index (κ1) is 12.2. The fourth-order valence-electron chi connectivity index (χ4n) is 1.56. The number of benzene rings is 2. The summed E-state index contributed by atoms with van der Waals surface area (Å²) in [6.45, 7) is 0. The lowest BCUT2D eigenvalue weighted by molar-refractivity contribution is -0.00000266. The smallest absolute Gasteiger partial charge is 0.112 e. The normalized spacial score (nSPS) is 9.93. The number of rotatable bonds is 2. The summed E-state index contributed by atoms with van der Waals surface area (Å²) < 4.78 is 0. The van der Waals surface area contributed by atoms with Crippen molar-refractivity contribution in [3.05, 3.63) is 71.8 Å². The molecule has 0 fully saturated rings. The van der Waals surface area contributed by atoms with Gasteiger partial charge in [-0.05, 0) is 20.4 Å². The molecule has 0 radical (unpaired) electrons. The van der Waals surface area contributed by atoms with Crippen molar-refractivity contribution >= 4 is 9.24 Å². The SMILES string of the molecule is [Cl-].[PH3+]C(c1ccccc1)c1ccccc1. The van der Waals surface area contributed by atoms with Gasteiger partial charge in [0.15, 0.2) is 0 Å². The van der Waals surface area contributed by atoms with Gasteiger partial charge in [0.05, 0.1) is 0 Å². The highest BCUT2D eigenvalue weighted by Crippen LogP contribution is 2.30. The zero-order chi connectivity index (χ0) is 9.80. The first-order valence-electron chi connectivity index (χ1n) is 4.81. The number of hydrogen-bond donors (Lipinski definition) is 0. The van der Waals surface area contributed by atoms with Gasteiger partial charge in [-0.25, -0.2) is 0 Å². The standard InChI is InChI=1S/C13H13P.ClH/c14-13(11-7-3-1-4-8-11)12-9-5-2-6-10-12;/h1-10,13H,14H2;1H. The summed E-state index contributed by atoms with van der Waals surface area (Å²) in [4.78, 5) is 0. The molecule has 2 aromatic carbocycles. The van der Waals surface area contributed by atoms with E-state index in [0.29, 0.717) is 5.66 Å². The van der Waals surface area contributed by atoms with E-state index in [9.17, 15) is 0 Å². The lowest BCUT2D eigenvalue weighted by Gasteiger charge is -2.07. The minimum Gasteiger partial charge on any atom is -1.00 e. The van der Waals surface area contributed by atoms with Crippen LogP contribution in [0.15, 0.2) is 60.7 Å². The van der Waals surface area contributed by atoms with Crippen LogP contribution in [0.25, 0.3) is 0 Å². The fourth-order valence-corrected chi connectivity index (χ4v) is 2.11. The third-order valence-electron chi connectivity index (χ3n) is 2.40. The van der Waals surface area contributed by atoms with Crippen LogP contribution in [-0.2, 0) is 0 Å². The molecule has 2 aromatic rings. The van der Waals surface area contributed by atoms with E-state index in [4.69, 9.17) is 0 Å². The van der Waals surface area contributed by atoms with Crippen LogP contribution in [0.2, 0.25) is 0 Å². The van der Waals surface area contributed by atoms with Crippen LogP contribution in [0.1, 0.15) is 16.8 Å². The highest BCUT2D eigenvalue weighted by molar-refractivity contribution is 7.17. The Bertz CT molecular complexity index is 346. The predicted octanol–water partition coefficient (Wildman–Crippen LogP) is 0.387. The number of halogens is 1. The molecule has 0 N–H and O–H groups in total. The molecule has 2 rings (SSSR count). The van der Waals surface area contributed by atoms with Crippen molar-refractivity contribution in [3.8, 4) is 0 Å². The second-order valence-electron chi connectivity index (χ2n) is 3.37. The molecule has 78 valence electrons. The topological polar surface area (TPSA) is 0 Å². The molecule has 15 heavy (non-hydrogen) atoms. The maximum Gasteiger partial charge on any atom is 0.112 e. The lowest BCUT2D eigenvalue weighted by Crippen LogP contribution is -3.00. The summed E-state index contributed by atoms with van der Waals surface area (Å²) in [5.74, 6) is 0. The van der Waals surface area contributed by atoms with Crippen molar-refractivity contribution in [2.75, 3.05) is 0 Å². The van der Waals surface area contributed by atoms with Crippen LogP contribution in [0.5, 0.6) is 0 Å². The molecule has 0 aromatic heterocycles. The average molecular weight is 237 g/mol. The highest BCUT2D eigenvalue weighted by Gasteiger charge is 2.10. The largest absolute Gasteiger partial charge is 1.00 e. The van der Waals surface area contributed by atoms with Crippen LogP contribution in [0, 0.1) is 0 Å². The van der Waals surface area contributed by atoms with Crippen LogP contribution in [-0.4, -0.2) is 0 Å². The second kappa shape index (κ2) is 5.90. The summed E-state index contributed by atoms with van der Waals surface area (Å²) in [5.41, 5.74) is 3.28. The van der Waals surface area contributed by atoms with Gasteiger partial charge in [-0.3, -0.25) is 0 Å². The van der Waals surface area contributed by atoms with Crippen LogP contribution in [0.4, 0.5) is 0 Å². The van der Waals surface area contributed by atoms with E-state index < -0.39 is 0 Å². The van der Waals surface area contributed by atoms with E-state index in [1.165, 1.54) is 11.1 Å². The Kier molecular flexibility index (Phi) is 4.81. The van der Waals surface area contributed by atoms with Gasteiger partial charge in [-0.1, -0.05) is 60.7 Å². The van der Waals surface area contributed by atoms with Gasteiger partial charge in [0.2, 0.25) is 0 Å². The van der Waals surface area contributed by atoms with E-state index in [1.54, 1.807) is 0 Å². The number of hydrogen-bond acceptors (Lipinski definition) is 0. The molecule has 0 nitrogen and oxygen atoms in total. The molecule has 2 heteroatoms. The van der Waals surface area contributed by atoms with Crippen molar-refractivity contribution in [2.45, 2.75) is 5.66 Å². The Morgan fingerprint density at radius 1 is 0.667 bits per heavy atom. The van der Waals surface area contributed by atoms with Crippen molar-refractivity contribution in [3.63, 3.8) is 0 Å². The van der Waals surface area contributed by atoms with E-state index in [2.05, 4.69) is 60.7 Å². The van der Waals surface area contributed by atoms with Gasteiger partial charge in [0, 0.05) is 0 Å². The first-order valence-corrected chi connectivity index (χ1v) is 5.62. The predicted molar refractivity (Wildman–Crippen MR) is 65.8 cm³/mol. The Balaban J connectivity index is 0.00000112. The average Bonchev–Trinajstić information content (AvgIpc) is 2.30. The zero-order valence-electron chi connectivity index (χ0n) is 8.44. The molecule has 0 saturated heterocycles. The summed E-state index contributed by atoms with van der Waals surface area (Å²) in [7, 11) is 2.03. The minimum atomic E-state index is 0. The fraction of sp³-hybridized carbons (Fsp3) is 0.0769. The summed E-state index contributed by atoms with van der Waals surface area (Å²) in [5, 5.41) is 0. The van der Waals surface area contributed by atoms with E-state index in [0.717, 1.165) is 0 Å². The van der Waals surface area contributed by atoms with Gasteiger partial charge < -0.3 is 12.4 Å². The molecule has 0 heterocycles. The monoisotopic (exact) mass is 236 g/mol. The molecular formula is C13H14ClP. The second-order valence-corrected chi connectivity index (χ2v) is 4.19. The molecule has 0 amide bonds. The minimum absolute atomic E-state index is 0. The van der Waals surface area contributed by atoms with E-state index >= 15 is 0 Å². The Labute approximate surface area is 99.3 Å². The lowest BCUT2D eigenvalue weighted by atomic mass is 10.0. The van der Waals surface area contributed by atoms with Gasteiger partial charge in [-0.15, -0.1) is 0 Å². The van der Waals surface area contributed by atoms with Crippen molar-refractivity contribution in [1.82, 2.24) is 0 Å². The van der Waals surface area contributed by atoms with Gasteiger partial charge in [-0.2, -0.15) is 0 Å². The van der Waals surface area contributed by atoms with Crippen LogP contribution in [0.3, 0.4) is 0 Å². The van der Waals surface area contributed by atoms with Gasteiger partial charge in [0.25, 0.3) is 0 Å². The van der Waals surface area contributed by atoms with E-state index in [1.807, 2.05) is 9.24 Å². The molecule has 0 spiro atoms. The van der Waals surface area contributed by atoms with Crippen molar-refractivity contribution in [1.29, 1.82) is 0 Å². The van der Waals surface area contributed by atoms with E-state index in [-0.39, 0.29) is 12.4 Å².